The van der Waals surface area contributed by atoms with Crippen molar-refractivity contribution < 1.29 is 29.3 Å². The van der Waals surface area contributed by atoms with E-state index in [1.165, 1.54) is 13.2 Å². The highest BCUT2D eigenvalue weighted by atomic mass is 16.5. The summed E-state index contributed by atoms with van der Waals surface area (Å²) in [6, 6.07) is 4.72. The molecule has 0 fully saturated rings. The average molecular weight is 370 g/mol. The number of phenolic OH excluding ortho intramolecular Hbond substituents is 3. The van der Waals surface area contributed by atoms with E-state index in [0.717, 1.165) is 10.9 Å². The molecular weight excluding hydrogens is 348 g/mol. The number of aromatic hydroxyl groups is 3. The first kappa shape index (κ1) is 18.6. The van der Waals surface area contributed by atoms with Gasteiger partial charge in [-0.2, -0.15) is 0 Å². The number of phenols is 3. The minimum atomic E-state index is -0.368. The summed E-state index contributed by atoms with van der Waals surface area (Å²) in [4.78, 5) is 11.6. The molecule has 142 valence electrons. The molecule has 6 nitrogen and oxygen atoms in total. The molecule has 1 aromatic heterocycles. The third kappa shape index (κ3) is 3.18. The molecular formula is C21H22O6. The maximum Gasteiger partial charge on any atom is 0.305 e. The molecule has 0 aliphatic rings. The highest BCUT2D eigenvalue weighted by Crippen LogP contribution is 2.44. The van der Waals surface area contributed by atoms with E-state index in [1.807, 2.05) is 6.92 Å². The number of rotatable bonds is 4. The van der Waals surface area contributed by atoms with Crippen molar-refractivity contribution in [3.63, 3.8) is 0 Å². The fourth-order valence-electron chi connectivity index (χ4n) is 3.38. The van der Waals surface area contributed by atoms with Crippen LogP contribution in [0.1, 0.15) is 28.9 Å². The van der Waals surface area contributed by atoms with Gasteiger partial charge in [0.05, 0.1) is 13.5 Å². The molecule has 0 amide bonds. The van der Waals surface area contributed by atoms with Crippen LogP contribution in [0.4, 0.5) is 0 Å². The normalized spacial score (nSPS) is 11.1. The quantitative estimate of drug-likeness (QED) is 0.594. The first-order valence-electron chi connectivity index (χ1n) is 8.58. The Bertz CT molecular complexity index is 1040. The van der Waals surface area contributed by atoms with Crippen molar-refractivity contribution >= 4 is 16.9 Å². The van der Waals surface area contributed by atoms with Gasteiger partial charge in [-0.05, 0) is 49.6 Å². The molecule has 0 saturated carbocycles. The smallest absolute Gasteiger partial charge is 0.305 e. The third-order valence-corrected chi connectivity index (χ3v) is 4.88. The number of benzene rings is 2. The van der Waals surface area contributed by atoms with Gasteiger partial charge in [0.15, 0.2) is 0 Å². The number of carbonyl (C=O) groups excluding carboxylic acids is 1. The van der Waals surface area contributed by atoms with Crippen molar-refractivity contribution in [1.29, 1.82) is 0 Å². The molecule has 0 aliphatic carbocycles. The van der Waals surface area contributed by atoms with Crippen LogP contribution in [0.3, 0.4) is 0 Å². The van der Waals surface area contributed by atoms with Crippen LogP contribution in [0, 0.1) is 20.8 Å². The maximum atomic E-state index is 11.6. The zero-order chi connectivity index (χ0) is 19.9. The van der Waals surface area contributed by atoms with Gasteiger partial charge in [-0.25, -0.2) is 0 Å². The lowest BCUT2D eigenvalue weighted by atomic mass is 9.92. The average Bonchev–Trinajstić information content (AvgIpc) is 2.99. The molecule has 0 bridgehead atoms. The molecule has 3 aromatic rings. The topological polar surface area (TPSA) is 100 Å². The number of hydrogen-bond donors (Lipinski definition) is 3. The molecule has 6 heteroatoms. The molecule has 0 radical (unpaired) electrons. The number of carbonyl (C=O) groups is 1. The number of furan rings is 1. The largest absolute Gasteiger partial charge is 0.508 e. The number of ether oxygens (including phenoxy) is 1. The van der Waals surface area contributed by atoms with E-state index in [1.54, 1.807) is 26.0 Å². The summed E-state index contributed by atoms with van der Waals surface area (Å²) < 4.78 is 10.7. The second-order valence-corrected chi connectivity index (χ2v) is 6.65. The van der Waals surface area contributed by atoms with Crippen LogP contribution >= 0.6 is 0 Å². The van der Waals surface area contributed by atoms with Gasteiger partial charge in [-0.15, -0.1) is 0 Å². The summed E-state index contributed by atoms with van der Waals surface area (Å²) in [7, 11) is 1.32. The lowest BCUT2D eigenvalue weighted by Crippen LogP contribution is -2.02. The van der Waals surface area contributed by atoms with E-state index in [0.29, 0.717) is 33.6 Å². The molecule has 0 unspecified atom stereocenters. The highest BCUT2D eigenvalue weighted by Gasteiger charge is 2.23. The van der Waals surface area contributed by atoms with Gasteiger partial charge >= 0.3 is 5.97 Å². The Morgan fingerprint density at radius 3 is 2.44 bits per heavy atom. The van der Waals surface area contributed by atoms with E-state index in [2.05, 4.69) is 0 Å². The third-order valence-electron chi connectivity index (χ3n) is 4.88. The number of hydrogen-bond acceptors (Lipinski definition) is 6. The SMILES string of the molecule is COC(=O)CCc1oc2cc(O)cc(C)c2c1-c1cc(O)c(C)c(O)c1C. The summed E-state index contributed by atoms with van der Waals surface area (Å²) in [5, 5.41) is 31.3. The second kappa shape index (κ2) is 6.87. The van der Waals surface area contributed by atoms with Crippen LogP contribution in [0.2, 0.25) is 0 Å². The number of fused-ring (bicyclic) bond motifs is 1. The molecule has 0 aliphatic heterocycles. The van der Waals surface area contributed by atoms with Gasteiger partial charge in [0.1, 0.15) is 28.6 Å². The maximum absolute atomic E-state index is 11.6. The molecule has 0 saturated heterocycles. The molecule has 2 aromatic carbocycles. The van der Waals surface area contributed by atoms with E-state index < -0.39 is 0 Å². The number of methoxy groups -OCH3 is 1. The van der Waals surface area contributed by atoms with Crippen LogP contribution < -0.4 is 0 Å². The lowest BCUT2D eigenvalue weighted by Gasteiger charge is -2.13. The molecule has 1 heterocycles. The van der Waals surface area contributed by atoms with Gasteiger partial charge in [0, 0.05) is 29.0 Å². The first-order valence-corrected chi connectivity index (χ1v) is 8.58. The summed E-state index contributed by atoms with van der Waals surface area (Å²) >= 11 is 0. The van der Waals surface area contributed by atoms with E-state index in [4.69, 9.17) is 9.15 Å². The van der Waals surface area contributed by atoms with Crippen LogP contribution in [-0.2, 0) is 16.0 Å². The van der Waals surface area contributed by atoms with E-state index in [9.17, 15) is 20.1 Å². The minimum Gasteiger partial charge on any atom is -0.508 e. The second-order valence-electron chi connectivity index (χ2n) is 6.65. The van der Waals surface area contributed by atoms with Gasteiger partial charge in [-0.3, -0.25) is 4.79 Å². The van der Waals surface area contributed by atoms with Gasteiger partial charge in [-0.1, -0.05) is 0 Å². The van der Waals surface area contributed by atoms with E-state index >= 15 is 0 Å². The molecule has 0 atom stereocenters. The van der Waals surface area contributed by atoms with E-state index in [-0.39, 0.29) is 36.1 Å². The predicted octanol–water partition coefficient (Wildman–Crippen LogP) is 4.25. The highest BCUT2D eigenvalue weighted by molar-refractivity contribution is 6.00. The van der Waals surface area contributed by atoms with Crippen LogP contribution in [-0.4, -0.2) is 28.4 Å². The van der Waals surface area contributed by atoms with Crippen molar-refractivity contribution in [3.05, 3.63) is 40.6 Å². The predicted molar refractivity (Wildman–Crippen MR) is 101 cm³/mol. The molecule has 3 N–H and O–H groups in total. The van der Waals surface area contributed by atoms with Crippen LogP contribution in [0.15, 0.2) is 22.6 Å². The van der Waals surface area contributed by atoms with Crippen molar-refractivity contribution in [3.8, 4) is 28.4 Å². The number of esters is 1. The van der Waals surface area contributed by atoms with Crippen molar-refractivity contribution in [1.82, 2.24) is 0 Å². The Labute approximate surface area is 156 Å². The monoisotopic (exact) mass is 370 g/mol. The zero-order valence-corrected chi connectivity index (χ0v) is 15.7. The van der Waals surface area contributed by atoms with Gasteiger partial charge in [0.25, 0.3) is 0 Å². The Morgan fingerprint density at radius 2 is 1.78 bits per heavy atom. The van der Waals surface area contributed by atoms with Gasteiger partial charge < -0.3 is 24.5 Å². The molecule has 0 spiro atoms. The molecule has 27 heavy (non-hydrogen) atoms. The Balaban J connectivity index is 2.31. The van der Waals surface area contributed by atoms with Crippen LogP contribution in [0.25, 0.3) is 22.1 Å². The Kier molecular flexibility index (Phi) is 4.74. The minimum absolute atomic E-state index is 0.00898. The Hall–Kier alpha value is -3.15. The summed E-state index contributed by atoms with van der Waals surface area (Å²) in [6.45, 7) is 5.24. The van der Waals surface area contributed by atoms with Crippen molar-refractivity contribution in [2.75, 3.05) is 7.11 Å². The standard InChI is InChI=1S/C21H22O6/c1-10-7-13(22)8-17-19(10)20(16(27-17)5-6-18(24)26-4)14-9-15(23)12(3)21(25)11(14)2/h7-9,22-23,25H,5-6H2,1-4H3. The van der Waals surface area contributed by atoms with Crippen LogP contribution in [0.5, 0.6) is 17.2 Å². The zero-order valence-electron chi connectivity index (χ0n) is 15.7. The summed E-state index contributed by atoms with van der Waals surface area (Å²) in [5.41, 5.74) is 3.56. The lowest BCUT2D eigenvalue weighted by molar-refractivity contribution is -0.140. The number of aryl methyl sites for hydroxylation is 2. The van der Waals surface area contributed by atoms with Crippen molar-refractivity contribution in [2.24, 2.45) is 0 Å². The van der Waals surface area contributed by atoms with Crippen molar-refractivity contribution in [2.45, 2.75) is 33.6 Å². The molecule has 3 rings (SSSR count). The fraction of sp³-hybridized carbons (Fsp3) is 0.286. The summed E-state index contributed by atoms with van der Waals surface area (Å²) in [6.07, 6.45) is 0.406. The summed E-state index contributed by atoms with van der Waals surface area (Å²) in [5.74, 6) is 0.209. The fourth-order valence-corrected chi connectivity index (χ4v) is 3.38. The van der Waals surface area contributed by atoms with Gasteiger partial charge in [0.2, 0.25) is 0 Å². The Morgan fingerprint density at radius 1 is 1.07 bits per heavy atom. The first-order chi connectivity index (χ1) is 12.7.